The summed E-state index contributed by atoms with van der Waals surface area (Å²) in [5.74, 6) is 1.98. The second-order valence-electron chi connectivity index (χ2n) is 7.33. The highest BCUT2D eigenvalue weighted by atomic mass is 32.2. The minimum Gasteiger partial charge on any atom is -0.486 e. The Morgan fingerprint density at radius 3 is 2.59 bits per heavy atom. The van der Waals surface area contributed by atoms with E-state index in [0.29, 0.717) is 19.6 Å². The van der Waals surface area contributed by atoms with E-state index in [0.717, 1.165) is 51.2 Å². The Hall–Kier alpha value is -2.47. The molecule has 5 rings (SSSR count). The van der Waals surface area contributed by atoms with E-state index < -0.39 is 9.84 Å². The van der Waals surface area contributed by atoms with Gasteiger partial charge in [-0.3, -0.25) is 0 Å². The first-order valence-electron chi connectivity index (χ1n) is 9.18. The second-order valence-corrected chi connectivity index (χ2v) is 9.52. The van der Waals surface area contributed by atoms with E-state index in [-0.39, 0.29) is 11.5 Å². The van der Waals surface area contributed by atoms with E-state index in [1.165, 1.54) is 0 Å². The molecule has 3 aromatic rings. The molecule has 6 heteroatoms. The second kappa shape index (κ2) is 6.02. The molecule has 2 aliphatic heterocycles. The lowest BCUT2D eigenvalue weighted by Crippen LogP contribution is -2.19. The number of aryl methyl sites for hydroxylation is 1. The summed E-state index contributed by atoms with van der Waals surface area (Å²) in [5, 5.41) is 1.06. The molecule has 3 heterocycles. The molecule has 27 heavy (non-hydrogen) atoms. The van der Waals surface area contributed by atoms with E-state index in [1.54, 1.807) is 0 Å². The molecule has 0 spiro atoms. The third-order valence-electron chi connectivity index (χ3n) is 5.53. The van der Waals surface area contributed by atoms with Crippen molar-refractivity contribution in [1.82, 2.24) is 4.57 Å². The summed E-state index contributed by atoms with van der Waals surface area (Å²) < 4.78 is 37.7. The Labute approximate surface area is 158 Å². The van der Waals surface area contributed by atoms with Crippen molar-refractivity contribution in [1.29, 1.82) is 0 Å². The van der Waals surface area contributed by atoms with Gasteiger partial charge in [-0.05, 0) is 47.4 Å². The first-order valence-corrected chi connectivity index (χ1v) is 11.0. The van der Waals surface area contributed by atoms with E-state index in [9.17, 15) is 8.42 Å². The van der Waals surface area contributed by atoms with Crippen molar-refractivity contribution < 1.29 is 17.9 Å². The maximum absolute atomic E-state index is 12.1. The minimum absolute atomic E-state index is 0.146. The van der Waals surface area contributed by atoms with Crippen LogP contribution in [0.4, 0.5) is 0 Å². The largest absolute Gasteiger partial charge is 0.486 e. The van der Waals surface area contributed by atoms with Gasteiger partial charge in [0.2, 0.25) is 0 Å². The van der Waals surface area contributed by atoms with Gasteiger partial charge in [0, 0.05) is 30.1 Å². The van der Waals surface area contributed by atoms with Gasteiger partial charge in [-0.1, -0.05) is 12.1 Å². The average Bonchev–Trinajstić information content (AvgIpc) is 2.92. The van der Waals surface area contributed by atoms with Crippen LogP contribution in [-0.2, 0) is 35.5 Å². The smallest absolute Gasteiger partial charge is 0.161 e. The number of sulfone groups is 1. The molecule has 0 radical (unpaired) electrons. The van der Waals surface area contributed by atoms with Gasteiger partial charge >= 0.3 is 0 Å². The molecule has 0 saturated heterocycles. The van der Waals surface area contributed by atoms with Crippen LogP contribution in [0.15, 0.2) is 36.4 Å². The fourth-order valence-corrected chi connectivity index (χ4v) is 5.60. The van der Waals surface area contributed by atoms with Gasteiger partial charge < -0.3 is 14.0 Å². The quantitative estimate of drug-likeness (QED) is 0.683. The predicted octanol–water partition coefficient (Wildman–Crippen LogP) is 3.01. The summed E-state index contributed by atoms with van der Waals surface area (Å²) in [6.07, 6.45) is 1.36. The first-order chi connectivity index (χ1) is 13.0. The molecule has 2 aromatic carbocycles. The zero-order valence-corrected chi connectivity index (χ0v) is 16.0. The molecule has 1 aromatic heterocycles. The SMILES string of the molecule is Cn1c2c(c3cc(Cc4ccc5c(c4)OCCO5)ccc31)CS(=O)(=O)CC2. The summed E-state index contributed by atoms with van der Waals surface area (Å²) >= 11 is 0. The zero-order valence-electron chi connectivity index (χ0n) is 15.2. The van der Waals surface area contributed by atoms with Crippen molar-refractivity contribution in [3.63, 3.8) is 0 Å². The number of rotatable bonds is 2. The molecule has 0 saturated carbocycles. The summed E-state index contributed by atoms with van der Waals surface area (Å²) in [6, 6.07) is 12.4. The van der Waals surface area contributed by atoms with Crippen LogP contribution in [0.1, 0.15) is 22.4 Å². The van der Waals surface area contributed by atoms with Gasteiger partial charge in [-0.2, -0.15) is 0 Å². The number of benzene rings is 2. The number of nitrogens with zero attached hydrogens (tertiary/aromatic N) is 1. The lowest BCUT2D eigenvalue weighted by atomic mass is 10.0. The first kappa shape index (κ1) is 16.7. The molecule has 2 aliphatic rings. The van der Waals surface area contributed by atoms with Gasteiger partial charge in [0.05, 0.1) is 11.5 Å². The standard InChI is InChI=1S/C21H21NO4S/c1-22-18-4-2-14(10-15-3-5-20-21(12-15)26-8-7-25-20)11-16(18)17-13-27(23,24)9-6-19(17)22/h2-5,11-12H,6-10,13H2,1H3. The molecule has 0 bridgehead atoms. The third-order valence-corrected chi connectivity index (χ3v) is 7.08. The van der Waals surface area contributed by atoms with Crippen LogP contribution < -0.4 is 9.47 Å². The van der Waals surface area contributed by atoms with Crippen LogP contribution in [-0.4, -0.2) is 32.0 Å². The summed E-state index contributed by atoms with van der Waals surface area (Å²) in [7, 11) is -0.973. The number of ether oxygens (including phenoxy) is 2. The monoisotopic (exact) mass is 383 g/mol. The minimum atomic E-state index is -3.00. The van der Waals surface area contributed by atoms with Crippen molar-refractivity contribution in [3.8, 4) is 11.5 Å². The molecule has 0 N–H and O–H groups in total. The number of hydrogen-bond acceptors (Lipinski definition) is 4. The number of hydrogen-bond donors (Lipinski definition) is 0. The lowest BCUT2D eigenvalue weighted by molar-refractivity contribution is 0.171. The lowest BCUT2D eigenvalue weighted by Gasteiger charge is -2.19. The highest BCUT2D eigenvalue weighted by molar-refractivity contribution is 7.90. The Kier molecular flexibility index (Phi) is 3.72. The van der Waals surface area contributed by atoms with E-state index in [4.69, 9.17) is 9.47 Å². The van der Waals surface area contributed by atoms with Crippen LogP contribution in [0.5, 0.6) is 11.5 Å². The topological polar surface area (TPSA) is 57.5 Å². The van der Waals surface area contributed by atoms with Crippen LogP contribution in [0.3, 0.4) is 0 Å². The summed E-state index contributed by atoms with van der Waals surface area (Å²) in [4.78, 5) is 0. The van der Waals surface area contributed by atoms with Gasteiger partial charge in [-0.25, -0.2) is 8.42 Å². The van der Waals surface area contributed by atoms with Crippen LogP contribution in [0.2, 0.25) is 0 Å². The Morgan fingerprint density at radius 1 is 1.00 bits per heavy atom. The van der Waals surface area contributed by atoms with Crippen molar-refractivity contribution in [2.24, 2.45) is 7.05 Å². The maximum Gasteiger partial charge on any atom is 0.161 e. The molecular formula is C21H21NO4S. The molecule has 0 unspecified atom stereocenters. The van der Waals surface area contributed by atoms with E-state index >= 15 is 0 Å². The third kappa shape index (κ3) is 2.88. The van der Waals surface area contributed by atoms with E-state index in [1.807, 2.05) is 19.2 Å². The molecule has 5 nitrogen and oxygen atoms in total. The highest BCUT2D eigenvalue weighted by Gasteiger charge is 2.26. The molecular weight excluding hydrogens is 362 g/mol. The van der Waals surface area contributed by atoms with Crippen LogP contribution >= 0.6 is 0 Å². The highest BCUT2D eigenvalue weighted by Crippen LogP contribution is 2.34. The summed E-state index contributed by atoms with van der Waals surface area (Å²) in [6.45, 7) is 1.16. The van der Waals surface area contributed by atoms with Crippen LogP contribution in [0.25, 0.3) is 10.9 Å². The Balaban J connectivity index is 1.53. The normalized spacial score (nSPS) is 17.7. The molecule has 0 atom stereocenters. The maximum atomic E-state index is 12.1. The van der Waals surface area contributed by atoms with Gasteiger partial charge in [0.15, 0.2) is 21.3 Å². The molecule has 140 valence electrons. The fourth-order valence-electron chi connectivity index (χ4n) is 4.19. The molecule has 0 aliphatic carbocycles. The average molecular weight is 383 g/mol. The zero-order chi connectivity index (χ0) is 18.6. The Bertz CT molecular complexity index is 1160. The molecule has 0 fully saturated rings. The predicted molar refractivity (Wildman–Crippen MR) is 104 cm³/mol. The van der Waals surface area contributed by atoms with Crippen molar-refractivity contribution >= 4 is 20.7 Å². The number of aromatic nitrogens is 1. The van der Waals surface area contributed by atoms with Crippen molar-refractivity contribution in [2.75, 3.05) is 19.0 Å². The van der Waals surface area contributed by atoms with Gasteiger partial charge in [0.25, 0.3) is 0 Å². The summed E-state index contributed by atoms with van der Waals surface area (Å²) in [5.41, 5.74) is 5.54. The van der Waals surface area contributed by atoms with Gasteiger partial charge in [-0.15, -0.1) is 0 Å². The number of fused-ring (bicyclic) bond motifs is 4. The molecule has 0 amide bonds. The Morgan fingerprint density at radius 2 is 1.74 bits per heavy atom. The van der Waals surface area contributed by atoms with Crippen LogP contribution in [0, 0.1) is 0 Å². The van der Waals surface area contributed by atoms with Gasteiger partial charge in [0.1, 0.15) is 13.2 Å². The van der Waals surface area contributed by atoms with Crippen molar-refractivity contribution in [3.05, 3.63) is 58.8 Å². The van der Waals surface area contributed by atoms with E-state index in [2.05, 4.69) is 28.8 Å². The van der Waals surface area contributed by atoms with Crippen molar-refractivity contribution in [2.45, 2.75) is 18.6 Å². The fraction of sp³-hybridized carbons (Fsp3) is 0.333.